The van der Waals surface area contributed by atoms with Crippen LogP contribution in [-0.4, -0.2) is 23.1 Å². The van der Waals surface area contributed by atoms with Crippen molar-refractivity contribution in [3.8, 4) is 11.5 Å². The van der Waals surface area contributed by atoms with Gasteiger partial charge in [0.25, 0.3) is 5.91 Å². The Balaban J connectivity index is 1.64. The van der Waals surface area contributed by atoms with E-state index in [2.05, 4.69) is 0 Å². The molecule has 6 rings (SSSR count). The summed E-state index contributed by atoms with van der Waals surface area (Å²) < 4.78 is 12.2. The van der Waals surface area contributed by atoms with E-state index in [1.807, 2.05) is 25.1 Å². The number of fused-ring (bicyclic) bond motifs is 3. The van der Waals surface area contributed by atoms with Crippen LogP contribution in [0.25, 0.3) is 21.2 Å². The van der Waals surface area contributed by atoms with Crippen LogP contribution in [0.2, 0.25) is 0 Å². The first-order chi connectivity index (χ1) is 16.5. The molecule has 0 saturated carbocycles. The predicted molar refractivity (Wildman–Crippen MR) is 130 cm³/mol. The second-order valence-electron chi connectivity index (χ2n) is 8.15. The zero-order valence-electron chi connectivity index (χ0n) is 18.2. The van der Waals surface area contributed by atoms with Gasteiger partial charge in [-0.3, -0.25) is 14.5 Å². The van der Waals surface area contributed by atoms with Crippen molar-refractivity contribution in [1.82, 2.24) is 4.98 Å². The fourth-order valence-electron chi connectivity index (χ4n) is 4.42. The summed E-state index contributed by atoms with van der Waals surface area (Å²) in [4.78, 5) is 33.6. The Morgan fingerprint density at radius 3 is 2.74 bits per heavy atom. The standard InChI is InChI=1S/C26H18N2O5S/c1-13-7-9-16-20(11-13)34-26(27-16)28-22(14-8-10-17(29)19(12-14)32-2)21-23(30)15-5-3-4-6-18(15)33-24(21)25(28)31/h3-12,22,29H,1-2H3/t22-/m1/s1. The minimum absolute atomic E-state index is 0.00354. The van der Waals surface area contributed by atoms with Gasteiger partial charge in [0.05, 0.1) is 34.3 Å². The van der Waals surface area contributed by atoms with Gasteiger partial charge >= 0.3 is 0 Å². The zero-order chi connectivity index (χ0) is 23.6. The van der Waals surface area contributed by atoms with E-state index < -0.39 is 11.9 Å². The summed E-state index contributed by atoms with van der Waals surface area (Å²) in [5.74, 6) is -0.242. The second-order valence-corrected chi connectivity index (χ2v) is 9.16. The monoisotopic (exact) mass is 470 g/mol. The average molecular weight is 471 g/mol. The van der Waals surface area contributed by atoms with E-state index in [1.165, 1.54) is 29.4 Å². The highest BCUT2D eigenvalue weighted by Gasteiger charge is 2.45. The van der Waals surface area contributed by atoms with E-state index in [9.17, 15) is 14.7 Å². The van der Waals surface area contributed by atoms with Gasteiger partial charge in [-0.05, 0) is 54.4 Å². The van der Waals surface area contributed by atoms with Crippen molar-refractivity contribution in [2.24, 2.45) is 0 Å². The van der Waals surface area contributed by atoms with Crippen LogP contribution in [0.1, 0.15) is 33.3 Å². The lowest BCUT2D eigenvalue weighted by molar-refractivity contribution is 0.0971. The van der Waals surface area contributed by atoms with E-state index in [0.29, 0.717) is 21.7 Å². The molecule has 0 fully saturated rings. The maximum atomic E-state index is 13.7. The van der Waals surface area contributed by atoms with Crippen LogP contribution in [0.15, 0.2) is 69.9 Å². The molecule has 0 saturated heterocycles. The quantitative estimate of drug-likeness (QED) is 0.391. The Hall–Kier alpha value is -4.17. The van der Waals surface area contributed by atoms with Gasteiger partial charge in [-0.25, -0.2) is 4.98 Å². The molecule has 5 aromatic rings. The Morgan fingerprint density at radius 1 is 1.09 bits per heavy atom. The number of carbonyl (C=O) groups excluding carboxylic acids is 1. The number of hydrogen-bond acceptors (Lipinski definition) is 7. The molecule has 8 heteroatoms. The molecule has 0 unspecified atom stereocenters. The van der Waals surface area contributed by atoms with Crippen molar-refractivity contribution in [2.75, 3.05) is 12.0 Å². The van der Waals surface area contributed by atoms with Crippen LogP contribution in [0.5, 0.6) is 11.5 Å². The van der Waals surface area contributed by atoms with E-state index in [0.717, 1.165) is 15.8 Å². The molecule has 0 spiro atoms. The maximum absolute atomic E-state index is 13.7. The molecule has 1 amide bonds. The van der Waals surface area contributed by atoms with Crippen LogP contribution in [0.3, 0.4) is 0 Å². The molecule has 3 aromatic carbocycles. The highest BCUT2D eigenvalue weighted by molar-refractivity contribution is 7.22. The van der Waals surface area contributed by atoms with E-state index in [4.69, 9.17) is 14.1 Å². The number of hydrogen-bond donors (Lipinski definition) is 1. The third-order valence-electron chi connectivity index (χ3n) is 6.04. The van der Waals surface area contributed by atoms with Gasteiger partial charge in [-0.15, -0.1) is 0 Å². The summed E-state index contributed by atoms with van der Waals surface area (Å²) in [6, 6.07) is 16.8. The third kappa shape index (κ3) is 2.92. The number of anilines is 1. The topological polar surface area (TPSA) is 92.9 Å². The number of amides is 1. The first kappa shape index (κ1) is 20.4. The van der Waals surface area contributed by atoms with E-state index in [1.54, 1.807) is 36.4 Å². The molecular formula is C26H18N2O5S. The Morgan fingerprint density at radius 2 is 1.91 bits per heavy atom. The van der Waals surface area contributed by atoms with Crippen molar-refractivity contribution in [1.29, 1.82) is 0 Å². The smallest absolute Gasteiger partial charge is 0.297 e. The number of benzene rings is 3. The average Bonchev–Trinajstić information content (AvgIpc) is 3.38. The number of thiazole rings is 1. The fourth-order valence-corrected chi connectivity index (χ4v) is 5.51. The van der Waals surface area contributed by atoms with Crippen molar-refractivity contribution in [3.05, 3.63) is 93.3 Å². The van der Waals surface area contributed by atoms with Gasteiger partial charge in [0, 0.05) is 0 Å². The van der Waals surface area contributed by atoms with Gasteiger partial charge in [-0.2, -0.15) is 0 Å². The summed E-state index contributed by atoms with van der Waals surface area (Å²) >= 11 is 1.37. The minimum atomic E-state index is -0.792. The molecule has 1 atom stereocenters. The first-order valence-corrected chi connectivity index (χ1v) is 11.4. The molecule has 1 N–H and O–H groups in total. The van der Waals surface area contributed by atoms with Crippen molar-refractivity contribution < 1.29 is 19.1 Å². The van der Waals surface area contributed by atoms with Crippen LogP contribution in [0.4, 0.5) is 5.13 Å². The summed E-state index contributed by atoms with van der Waals surface area (Å²) in [5.41, 5.74) is 2.76. The number of nitrogens with zero attached hydrogens (tertiary/aromatic N) is 2. The Kier molecular flexibility index (Phi) is 4.46. The van der Waals surface area contributed by atoms with Crippen molar-refractivity contribution in [2.45, 2.75) is 13.0 Å². The van der Waals surface area contributed by atoms with Gasteiger partial charge in [0.1, 0.15) is 5.58 Å². The van der Waals surface area contributed by atoms with Gasteiger partial charge in [-0.1, -0.05) is 35.6 Å². The number of aromatic hydroxyl groups is 1. The fraction of sp³-hybridized carbons (Fsp3) is 0.115. The largest absolute Gasteiger partial charge is 0.504 e. The molecule has 0 bridgehead atoms. The normalized spacial score (nSPS) is 15.3. The molecule has 3 heterocycles. The van der Waals surface area contributed by atoms with Crippen LogP contribution in [-0.2, 0) is 0 Å². The molecular weight excluding hydrogens is 452 g/mol. The molecule has 0 aliphatic carbocycles. The predicted octanol–water partition coefficient (Wildman–Crippen LogP) is 5.18. The van der Waals surface area contributed by atoms with Crippen molar-refractivity contribution in [3.63, 3.8) is 0 Å². The number of aryl methyl sites for hydroxylation is 1. The summed E-state index contributed by atoms with van der Waals surface area (Å²) in [6.45, 7) is 2.00. The second kappa shape index (κ2) is 7.43. The molecule has 0 radical (unpaired) electrons. The number of ether oxygens (including phenoxy) is 1. The zero-order valence-corrected chi connectivity index (χ0v) is 19.1. The van der Waals surface area contributed by atoms with Gasteiger partial charge < -0.3 is 14.3 Å². The summed E-state index contributed by atoms with van der Waals surface area (Å²) in [7, 11) is 1.45. The van der Waals surface area contributed by atoms with Crippen LogP contribution < -0.4 is 15.1 Å². The number of phenolic OH excluding ortho intramolecular Hbond substituents is 1. The SMILES string of the molecule is COc1cc([C@@H]2c3c(oc4ccccc4c3=O)C(=O)N2c2nc3ccc(C)cc3s2)ccc1O. The highest BCUT2D eigenvalue weighted by atomic mass is 32.1. The third-order valence-corrected chi connectivity index (χ3v) is 7.05. The molecule has 1 aliphatic rings. The molecule has 168 valence electrons. The molecule has 2 aromatic heterocycles. The Bertz CT molecular complexity index is 1690. The van der Waals surface area contributed by atoms with Crippen LogP contribution >= 0.6 is 11.3 Å². The van der Waals surface area contributed by atoms with E-state index >= 15 is 0 Å². The van der Waals surface area contributed by atoms with Gasteiger partial charge in [0.2, 0.25) is 5.76 Å². The summed E-state index contributed by atoms with van der Waals surface area (Å²) in [5, 5.41) is 11.0. The number of para-hydroxylation sites is 1. The number of phenols is 1. The number of carbonyl (C=O) groups is 1. The molecule has 34 heavy (non-hydrogen) atoms. The lowest BCUT2D eigenvalue weighted by Crippen LogP contribution is -2.29. The minimum Gasteiger partial charge on any atom is -0.504 e. The molecule has 1 aliphatic heterocycles. The van der Waals surface area contributed by atoms with Gasteiger partial charge in [0.15, 0.2) is 22.1 Å². The molecule has 7 nitrogen and oxygen atoms in total. The lowest BCUT2D eigenvalue weighted by Gasteiger charge is -2.23. The summed E-state index contributed by atoms with van der Waals surface area (Å²) in [6.07, 6.45) is 0. The first-order valence-electron chi connectivity index (χ1n) is 10.6. The maximum Gasteiger partial charge on any atom is 0.297 e. The van der Waals surface area contributed by atoms with Crippen molar-refractivity contribution >= 4 is 43.6 Å². The van der Waals surface area contributed by atoms with E-state index in [-0.39, 0.29) is 28.3 Å². The highest BCUT2D eigenvalue weighted by Crippen LogP contribution is 2.45. The number of rotatable bonds is 3. The van der Waals surface area contributed by atoms with Crippen LogP contribution in [0, 0.1) is 6.92 Å². The number of aromatic nitrogens is 1. The lowest BCUT2D eigenvalue weighted by atomic mass is 9.98. The number of methoxy groups -OCH3 is 1. The Labute approximate surface area is 197 Å².